The van der Waals surface area contributed by atoms with Crippen molar-refractivity contribution in [3.05, 3.63) is 24.3 Å². The van der Waals surface area contributed by atoms with Crippen LogP contribution in [0.25, 0.3) is 0 Å². The molecule has 0 radical (unpaired) electrons. The molecule has 0 saturated heterocycles. The van der Waals surface area contributed by atoms with Crippen molar-refractivity contribution in [3.63, 3.8) is 0 Å². The SMILES string of the molecule is COc1ccccc1NC(=O)C1(N)CCCC(C)C1. The summed E-state index contributed by atoms with van der Waals surface area (Å²) in [6.07, 6.45) is 3.66. The average molecular weight is 262 g/mol. The van der Waals surface area contributed by atoms with Crippen molar-refractivity contribution in [1.29, 1.82) is 0 Å². The molecule has 2 unspecified atom stereocenters. The lowest BCUT2D eigenvalue weighted by Gasteiger charge is -2.35. The number of methoxy groups -OCH3 is 1. The van der Waals surface area contributed by atoms with E-state index in [2.05, 4.69) is 12.2 Å². The minimum atomic E-state index is -0.751. The fourth-order valence-electron chi connectivity index (χ4n) is 2.79. The van der Waals surface area contributed by atoms with E-state index in [4.69, 9.17) is 10.5 Å². The molecule has 1 fully saturated rings. The van der Waals surface area contributed by atoms with E-state index in [-0.39, 0.29) is 5.91 Å². The molecule has 4 heteroatoms. The predicted octanol–water partition coefficient (Wildman–Crippen LogP) is 2.54. The average Bonchev–Trinajstić information content (AvgIpc) is 2.39. The second kappa shape index (κ2) is 5.61. The largest absolute Gasteiger partial charge is 0.495 e. The maximum atomic E-state index is 12.4. The number of nitrogens with one attached hydrogen (secondary N) is 1. The molecule has 2 rings (SSSR count). The third-order valence-electron chi connectivity index (χ3n) is 3.84. The van der Waals surface area contributed by atoms with Crippen molar-refractivity contribution < 1.29 is 9.53 Å². The number of anilines is 1. The Morgan fingerprint density at radius 2 is 2.21 bits per heavy atom. The molecule has 3 N–H and O–H groups in total. The third kappa shape index (κ3) is 3.07. The second-order valence-electron chi connectivity index (χ2n) is 5.51. The summed E-state index contributed by atoms with van der Waals surface area (Å²) < 4.78 is 5.23. The van der Waals surface area contributed by atoms with Gasteiger partial charge in [-0.3, -0.25) is 4.79 Å². The number of carbonyl (C=O) groups is 1. The number of para-hydroxylation sites is 2. The molecule has 1 aliphatic rings. The van der Waals surface area contributed by atoms with Crippen LogP contribution in [-0.4, -0.2) is 18.6 Å². The topological polar surface area (TPSA) is 64.3 Å². The fourth-order valence-corrected chi connectivity index (χ4v) is 2.79. The zero-order valence-corrected chi connectivity index (χ0v) is 11.6. The van der Waals surface area contributed by atoms with E-state index < -0.39 is 5.54 Å². The zero-order chi connectivity index (χ0) is 13.9. The lowest BCUT2D eigenvalue weighted by Crippen LogP contribution is -2.53. The van der Waals surface area contributed by atoms with Crippen LogP contribution in [0.15, 0.2) is 24.3 Å². The third-order valence-corrected chi connectivity index (χ3v) is 3.84. The van der Waals surface area contributed by atoms with Gasteiger partial charge in [0.15, 0.2) is 0 Å². The van der Waals surface area contributed by atoms with Crippen molar-refractivity contribution in [1.82, 2.24) is 0 Å². The lowest BCUT2D eigenvalue weighted by molar-refractivity contribution is -0.122. The molecule has 0 aliphatic heterocycles. The van der Waals surface area contributed by atoms with E-state index in [9.17, 15) is 4.79 Å². The summed E-state index contributed by atoms with van der Waals surface area (Å²) in [5.41, 5.74) is 6.21. The van der Waals surface area contributed by atoms with E-state index >= 15 is 0 Å². The smallest absolute Gasteiger partial charge is 0.244 e. The Morgan fingerprint density at radius 3 is 2.89 bits per heavy atom. The number of rotatable bonds is 3. The van der Waals surface area contributed by atoms with Gasteiger partial charge < -0.3 is 15.8 Å². The van der Waals surface area contributed by atoms with Crippen LogP contribution in [0, 0.1) is 5.92 Å². The van der Waals surface area contributed by atoms with E-state index in [1.165, 1.54) is 0 Å². The van der Waals surface area contributed by atoms with Crippen LogP contribution in [-0.2, 0) is 4.79 Å². The van der Waals surface area contributed by atoms with Crippen LogP contribution >= 0.6 is 0 Å². The first-order valence-electron chi connectivity index (χ1n) is 6.78. The van der Waals surface area contributed by atoms with Gasteiger partial charge in [-0.05, 0) is 30.9 Å². The minimum Gasteiger partial charge on any atom is -0.495 e. The Morgan fingerprint density at radius 1 is 1.47 bits per heavy atom. The molecule has 0 heterocycles. The molecule has 1 saturated carbocycles. The number of hydrogen-bond acceptors (Lipinski definition) is 3. The summed E-state index contributed by atoms with van der Waals surface area (Å²) in [4.78, 5) is 12.4. The normalized spacial score (nSPS) is 26.8. The van der Waals surface area contributed by atoms with Gasteiger partial charge in [0.25, 0.3) is 0 Å². The van der Waals surface area contributed by atoms with E-state index in [1.807, 2.05) is 24.3 Å². The molecule has 1 amide bonds. The number of benzene rings is 1. The highest BCUT2D eigenvalue weighted by Gasteiger charge is 2.38. The highest BCUT2D eigenvalue weighted by molar-refractivity contribution is 5.99. The molecule has 1 aromatic carbocycles. The van der Waals surface area contributed by atoms with Gasteiger partial charge in [0, 0.05) is 0 Å². The lowest BCUT2D eigenvalue weighted by atomic mass is 9.76. The highest BCUT2D eigenvalue weighted by Crippen LogP contribution is 2.32. The van der Waals surface area contributed by atoms with Crippen LogP contribution < -0.4 is 15.8 Å². The van der Waals surface area contributed by atoms with Gasteiger partial charge in [-0.15, -0.1) is 0 Å². The molecule has 1 aliphatic carbocycles. The van der Waals surface area contributed by atoms with Gasteiger partial charge in [0.05, 0.1) is 18.3 Å². The van der Waals surface area contributed by atoms with Gasteiger partial charge in [-0.1, -0.05) is 31.9 Å². The maximum Gasteiger partial charge on any atom is 0.244 e. The maximum absolute atomic E-state index is 12.4. The van der Waals surface area contributed by atoms with Crippen molar-refractivity contribution in [3.8, 4) is 5.75 Å². The van der Waals surface area contributed by atoms with Gasteiger partial charge in [0.2, 0.25) is 5.91 Å². The summed E-state index contributed by atoms with van der Waals surface area (Å²) in [5, 5.41) is 2.90. The molecule has 2 atom stereocenters. The van der Waals surface area contributed by atoms with Crippen molar-refractivity contribution >= 4 is 11.6 Å². The number of amides is 1. The van der Waals surface area contributed by atoms with Crippen molar-refractivity contribution in [2.24, 2.45) is 11.7 Å². The predicted molar refractivity (Wildman–Crippen MR) is 76.2 cm³/mol. The molecule has 0 aromatic heterocycles. The molecule has 0 spiro atoms. The first kappa shape index (κ1) is 13.9. The molecule has 0 bridgehead atoms. The fraction of sp³-hybridized carbons (Fsp3) is 0.533. The second-order valence-corrected chi connectivity index (χ2v) is 5.51. The summed E-state index contributed by atoms with van der Waals surface area (Å²) in [5.74, 6) is 1.05. The molecular weight excluding hydrogens is 240 g/mol. The molecule has 4 nitrogen and oxygen atoms in total. The number of hydrogen-bond donors (Lipinski definition) is 2. The van der Waals surface area contributed by atoms with Gasteiger partial charge in [-0.2, -0.15) is 0 Å². The van der Waals surface area contributed by atoms with E-state index in [0.29, 0.717) is 17.4 Å². The van der Waals surface area contributed by atoms with Gasteiger partial charge in [0.1, 0.15) is 5.75 Å². The van der Waals surface area contributed by atoms with E-state index in [0.717, 1.165) is 25.7 Å². The monoisotopic (exact) mass is 262 g/mol. The minimum absolute atomic E-state index is 0.108. The molecular formula is C15H22N2O2. The summed E-state index contributed by atoms with van der Waals surface area (Å²) in [6, 6.07) is 7.38. The van der Waals surface area contributed by atoms with Gasteiger partial charge in [-0.25, -0.2) is 0 Å². The van der Waals surface area contributed by atoms with Crippen LogP contribution in [0.1, 0.15) is 32.6 Å². The van der Waals surface area contributed by atoms with Gasteiger partial charge >= 0.3 is 0 Å². The Balaban J connectivity index is 2.12. The van der Waals surface area contributed by atoms with Crippen molar-refractivity contribution in [2.75, 3.05) is 12.4 Å². The van der Waals surface area contributed by atoms with Crippen LogP contribution in [0.5, 0.6) is 5.75 Å². The molecule has 1 aromatic rings. The molecule has 104 valence electrons. The first-order chi connectivity index (χ1) is 9.05. The van der Waals surface area contributed by atoms with E-state index in [1.54, 1.807) is 7.11 Å². The van der Waals surface area contributed by atoms with Crippen LogP contribution in [0.2, 0.25) is 0 Å². The standard InChI is InChI=1S/C15H22N2O2/c1-11-6-5-9-15(16,10-11)14(18)17-12-7-3-4-8-13(12)19-2/h3-4,7-8,11H,5-6,9-10,16H2,1-2H3,(H,17,18). The summed E-state index contributed by atoms with van der Waals surface area (Å²) >= 11 is 0. The number of carbonyl (C=O) groups excluding carboxylic acids is 1. The Labute approximate surface area is 114 Å². The highest BCUT2D eigenvalue weighted by atomic mass is 16.5. The summed E-state index contributed by atoms with van der Waals surface area (Å²) in [7, 11) is 1.59. The number of nitrogens with two attached hydrogens (primary N) is 1. The quantitative estimate of drug-likeness (QED) is 0.879. The zero-order valence-electron chi connectivity index (χ0n) is 11.6. The Hall–Kier alpha value is -1.55. The Kier molecular flexibility index (Phi) is 4.10. The number of ether oxygens (including phenoxy) is 1. The van der Waals surface area contributed by atoms with Crippen LogP contribution in [0.4, 0.5) is 5.69 Å². The first-order valence-corrected chi connectivity index (χ1v) is 6.78. The summed E-state index contributed by atoms with van der Waals surface area (Å²) in [6.45, 7) is 2.15. The Bertz CT molecular complexity index is 461. The molecule has 19 heavy (non-hydrogen) atoms. The van der Waals surface area contributed by atoms with Crippen LogP contribution in [0.3, 0.4) is 0 Å². The van der Waals surface area contributed by atoms with Crippen molar-refractivity contribution in [2.45, 2.75) is 38.1 Å².